The minimum Gasteiger partial charge on any atom is -0.465 e. The highest BCUT2D eigenvalue weighted by atomic mass is 19.4. The van der Waals surface area contributed by atoms with Gasteiger partial charge in [-0.1, -0.05) is 19.8 Å². The highest BCUT2D eigenvalue weighted by Crippen LogP contribution is 2.50. The average Bonchev–Trinajstić information content (AvgIpc) is 2.67. The summed E-state index contributed by atoms with van der Waals surface area (Å²) in [7, 11) is 0. The van der Waals surface area contributed by atoms with Crippen molar-refractivity contribution in [2.75, 3.05) is 6.61 Å². The van der Waals surface area contributed by atoms with Crippen molar-refractivity contribution in [1.82, 2.24) is 0 Å². The standard InChI is InChI=1S/C18H22F10O4/c1-2-3-4-9-31-12(29)10-5-7-11(8-6-10)13(30)32-14(15(19,20)17(23,24)25)16(21,22)18(26,27)28/h10-11,14H,2-9H2,1H3. The maximum atomic E-state index is 13.4. The van der Waals surface area contributed by atoms with Gasteiger partial charge >= 0.3 is 36.1 Å². The van der Waals surface area contributed by atoms with E-state index in [9.17, 15) is 53.5 Å². The molecule has 1 rings (SSSR count). The molecule has 0 radical (unpaired) electrons. The maximum absolute atomic E-state index is 13.4. The lowest BCUT2D eigenvalue weighted by molar-refractivity contribution is -0.385. The lowest BCUT2D eigenvalue weighted by Crippen LogP contribution is -2.62. The lowest BCUT2D eigenvalue weighted by atomic mass is 9.82. The van der Waals surface area contributed by atoms with Crippen molar-refractivity contribution in [3.8, 4) is 0 Å². The van der Waals surface area contributed by atoms with Gasteiger partial charge in [0.25, 0.3) is 0 Å². The molecular formula is C18H22F10O4. The molecule has 1 fully saturated rings. The van der Waals surface area contributed by atoms with Gasteiger partial charge in [-0.3, -0.25) is 9.59 Å². The second-order valence-corrected chi connectivity index (χ2v) is 7.48. The van der Waals surface area contributed by atoms with Crippen molar-refractivity contribution in [2.24, 2.45) is 11.8 Å². The number of ether oxygens (including phenoxy) is 2. The van der Waals surface area contributed by atoms with Crippen LogP contribution < -0.4 is 0 Å². The van der Waals surface area contributed by atoms with E-state index in [0.29, 0.717) is 6.42 Å². The van der Waals surface area contributed by atoms with Gasteiger partial charge in [-0.15, -0.1) is 0 Å². The van der Waals surface area contributed by atoms with Gasteiger partial charge in [0.2, 0.25) is 6.10 Å². The summed E-state index contributed by atoms with van der Waals surface area (Å²) in [5, 5.41) is 0. The molecule has 0 amide bonds. The van der Waals surface area contributed by atoms with E-state index in [1.807, 2.05) is 6.92 Å². The van der Waals surface area contributed by atoms with Gasteiger partial charge in [0, 0.05) is 0 Å². The number of unbranched alkanes of at least 4 members (excludes halogenated alkanes) is 2. The molecule has 0 saturated heterocycles. The maximum Gasteiger partial charge on any atom is 0.457 e. The zero-order valence-electron chi connectivity index (χ0n) is 16.8. The van der Waals surface area contributed by atoms with Gasteiger partial charge < -0.3 is 9.47 Å². The van der Waals surface area contributed by atoms with Gasteiger partial charge in [0.15, 0.2) is 0 Å². The Hall–Kier alpha value is -1.76. The van der Waals surface area contributed by atoms with Crippen molar-refractivity contribution >= 4 is 11.9 Å². The Labute approximate surface area is 176 Å². The van der Waals surface area contributed by atoms with Crippen molar-refractivity contribution in [1.29, 1.82) is 0 Å². The predicted octanol–water partition coefficient (Wildman–Crippen LogP) is 5.83. The van der Waals surface area contributed by atoms with Crippen LogP contribution in [0, 0.1) is 11.8 Å². The molecule has 0 atom stereocenters. The highest BCUT2D eigenvalue weighted by molar-refractivity contribution is 5.75. The van der Waals surface area contributed by atoms with Crippen molar-refractivity contribution in [3.63, 3.8) is 0 Å². The smallest absolute Gasteiger partial charge is 0.457 e. The fraction of sp³-hybridized carbons (Fsp3) is 0.889. The highest BCUT2D eigenvalue weighted by Gasteiger charge is 2.78. The Bertz CT molecular complexity index is 611. The molecule has 0 heterocycles. The number of esters is 2. The molecule has 188 valence electrons. The second kappa shape index (κ2) is 10.4. The quantitative estimate of drug-likeness (QED) is 0.231. The van der Waals surface area contributed by atoms with Gasteiger partial charge in [-0.25, -0.2) is 0 Å². The minimum absolute atomic E-state index is 0.109. The van der Waals surface area contributed by atoms with E-state index in [0.717, 1.165) is 12.8 Å². The molecule has 0 aromatic carbocycles. The topological polar surface area (TPSA) is 52.6 Å². The number of alkyl halides is 10. The molecule has 4 nitrogen and oxygen atoms in total. The molecule has 14 heteroatoms. The van der Waals surface area contributed by atoms with E-state index in [2.05, 4.69) is 4.74 Å². The Morgan fingerprint density at radius 3 is 1.53 bits per heavy atom. The molecule has 0 unspecified atom stereocenters. The van der Waals surface area contributed by atoms with E-state index in [1.165, 1.54) is 0 Å². The first-order chi connectivity index (χ1) is 14.5. The monoisotopic (exact) mass is 492 g/mol. The number of halogens is 10. The van der Waals surface area contributed by atoms with Crippen molar-refractivity contribution in [2.45, 2.75) is 82.2 Å². The molecule has 1 aliphatic carbocycles. The van der Waals surface area contributed by atoms with Gasteiger partial charge in [-0.05, 0) is 32.1 Å². The van der Waals surface area contributed by atoms with Crippen LogP contribution in [0.4, 0.5) is 43.9 Å². The van der Waals surface area contributed by atoms with E-state index in [4.69, 9.17) is 4.74 Å². The zero-order valence-corrected chi connectivity index (χ0v) is 16.8. The molecule has 0 spiro atoms. The molecule has 0 aromatic heterocycles. The molecule has 1 saturated carbocycles. The normalized spacial score (nSPS) is 20.9. The van der Waals surface area contributed by atoms with Crippen LogP contribution in [0.25, 0.3) is 0 Å². The van der Waals surface area contributed by atoms with Gasteiger partial charge in [0.05, 0.1) is 18.4 Å². The van der Waals surface area contributed by atoms with Crippen LogP contribution in [-0.2, 0) is 19.1 Å². The summed E-state index contributed by atoms with van der Waals surface area (Å²) in [6, 6.07) is 0. The number of rotatable bonds is 9. The van der Waals surface area contributed by atoms with E-state index >= 15 is 0 Å². The van der Waals surface area contributed by atoms with Crippen LogP contribution >= 0.6 is 0 Å². The van der Waals surface area contributed by atoms with Crippen LogP contribution in [0.2, 0.25) is 0 Å². The van der Waals surface area contributed by atoms with E-state index < -0.39 is 54.1 Å². The Kier molecular flexibility index (Phi) is 9.23. The molecule has 0 N–H and O–H groups in total. The Balaban J connectivity index is 2.85. The summed E-state index contributed by atoms with van der Waals surface area (Å²) in [6.45, 7) is 2.05. The SMILES string of the molecule is CCCCCOC(=O)C1CCC(C(=O)OC(C(F)(F)C(F)(F)F)C(F)(F)C(F)(F)F)CC1. The largest absolute Gasteiger partial charge is 0.465 e. The van der Waals surface area contributed by atoms with Crippen LogP contribution in [0.1, 0.15) is 51.9 Å². The summed E-state index contributed by atoms with van der Waals surface area (Å²) in [5.74, 6) is -18.3. The summed E-state index contributed by atoms with van der Waals surface area (Å²) < 4.78 is 137. The van der Waals surface area contributed by atoms with E-state index in [1.54, 1.807) is 0 Å². The van der Waals surface area contributed by atoms with Gasteiger partial charge in [-0.2, -0.15) is 43.9 Å². The molecule has 0 aromatic rings. The molecule has 0 bridgehead atoms. The minimum atomic E-state index is -6.84. The van der Waals surface area contributed by atoms with Crippen LogP contribution in [0.3, 0.4) is 0 Å². The lowest BCUT2D eigenvalue weighted by Gasteiger charge is -2.35. The first-order valence-corrected chi connectivity index (χ1v) is 9.73. The summed E-state index contributed by atoms with van der Waals surface area (Å²) >= 11 is 0. The molecule has 1 aliphatic rings. The predicted molar refractivity (Wildman–Crippen MR) is 87.8 cm³/mol. The van der Waals surface area contributed by atoms with Crippen molar-refractivity contribution < 1.29 is 63.0 Å². The third kappa shape index (κ3) is 6.63. The van der Waals surface area contributed by atoms with Crippen molar-refractivity contribution in [3.05, 3.63) is 0 Å². The fourth-order valence-electron chi connectivity index (χ4n) is 3.09. The number of carbonyl (C=O) groups is 2. The summed E-state index contributed by atoms with van der Waals surface area (Å²) in [5.41, 5.74) is 0. The first-order valence-electron chi connectivity index (χ1n) is 9.73. The third-order valence-electron chi connectivity index (χ3n) is 5.03. The third-order valence-corrected chi connectivity index (χ3v) is 5.03. The summed E-state index contributed by atoms with van der Waals surface area (Å²) in [6.07, 6.45) is -17.5. The number of hydrogen-bond donors (Lipinski definition) is 0. The molecular weight excluding hydrogens is 470 g/mol. The number of hydrogen-bond acceptors (Lipinski definition) is 4. The zero-order chi connectivity index (χ0) is 25.0. The van der Waals surface area contributed by atoms with Crippen LogP contribution in [-0.4, -0.2) is 48.8 Å². The molecule has 32 heavy (non-hydrogen) atoms. The van der Waals surface area contributed by atoms with Crippen LogP contribution in [0.5, 0.6) is 0 Å². The van der Waals surface area contributed by atoms with Crippen LogP contribution in [0.15, 0.2) is 0 Å². The fourth-order valence-corrected chi connectivity index (χ4v) is 3.09. The number of carbonyl (C=O) groups excluding carboxylic acids is 2. The van der Waals surface area contributed by atoms with Gasteiger partial charge in [0.1, 0.15) is 0 Å². The second-order valence-electron chi connectivity index (χ2n) is 7.48. The Morgan fingerprint density at radius 2 is 1.16 bits per heavy atom. The first kappa shape index (κ1) is 28.3. The average molecular weight is 492 g/mol. The Morgan fingerprint density at radius 1 is 0.750 bits per heavy atom. The van der Waals surface area contributed by atoms with E-state index in [-0.39, 0.29) is 32.3 Å². The summed E-state index contributed by atoms with van der Waals surface area (Å²) in [4.78, 5) is 23.8. The molecule has 0 aliphatic heterocycles.